The molecular formula is C6H9Cl2N3. The molecule has 0 spiro atoms. The fraction of sp³-hybridized carbons (Fsp3) is 0.500. The SMILES string of the molecule is CC(C)C1=CC(Cl)=NN(Cl)N1. The summed E-state index contributed by atoms with van der Waals surface area (Å²) in [5.41, 5.74) is 3.79. The Labute approximate surface area is 75.7 Å². The molecule has 0 fully saturated rings. The highest BCUT2D eigenvalue weighted by Gasteiger charge is 2.11. The Morgan fingerprint density at radius 3 is 2.73 bits per heavy atom. The van der Waals surface area contributed by atoms with E-state index in [4.69, 9.17) is 23.4 Å². The first-order valence-electron chi connectivity index (χ1n) is 3.28. The summed E-state index contributed by atoms with van der Waals surface area (Å²) in [7, 11) is 0. The van der Waals surface area contributed by atoms with Gasteiger partial charge < -0.3 is 0 Å². The molecule has 1 N–H and O–H groups in total. The minimum atomic E-state index is 0.362. The van der Waals surface area contributed by atoms with Gasteiger partial charge in [0, 0.05) is 5.70 Å². The minimum absolute atomic E-state index is 0.362. The molecule has 1 aliphatic heterocycles. The van der Waals surface area contributed by atoms with Crippen LogP contribution in [-0.2, 0) is 0 Å². The predicted octanol–water partition coefficient (Wildman–Crippen LogP) is 2.05. The molecule has 0 aromatic rings. The van der Waals surface area contributed by atoms with Gasteiger partial charge >= 0.3 is 0 Å². The molecule has 1 rings (SSSR count). The summed E-state index contributed by atoms with van der Waals surface area (Å²) in [6.07, 6.45) is 1.76. The van der Waals surface area contributed by atoms with E-state index in [0.717, 1.165) is 10.3 Å². The monoisotopic (exact) mass is 193 g/mol. The molecule has 3 nitrogen and oxygen atoms in total. The van der Waals surface area contributed by atoms with Crippen molar-refractivity contribution in [2.45, 2.75) is 13.8 Å². The van der Waals surface area contributed by atoms with Crippen LogP contribution in [-0.4, -0.2) is 9.81 Å². The van der Waals surface area contributed by atoms with Crippen molar-refractivity contribution in [1.82, 2.24) is 10.1 Å². The van der Waals surface area contributed by atoms with Gasteiger partial charge in [0.05, 0.1) is 11.8 Å². The molecule has 1 aliphatic rings. The third kappa shape index (κ3) is 2.27. The van der Waals surface area contributed by atoms with Gasteiger partial charge in [-0.3, -0.25) is 5.43 Å². The van der Waals surface area contributed by atoms with Gasteiger partial charge in [-0.1, -0.05) is 25.4 Å². The van der Waals surface area contributed by atoms with E-state index < -0.39 is 0 Å². The predicted molar refractivity (Wildman–Crippen MR) is 47.0 cm³/mol. The zero-order valence-corrected chi connectivity index (χ0v) is 7.82. The lowest BCUT2D eigenvalue weighted by atomic mass is 10.1. The Morgan fingerprint density at radius 2 is 2.27 bits per heavy atom. The zero-order valence-electron chi connectivity index (χ0n) is 6.31. The Bertz CT molecular complexity index is 210. The third-order valence-electron chi connectivity index (χ3n) is 1.30. The van der Waals surface area contributed by atoms with E-state index >= 15 is 0 Å². The van der Waals surface area contributed by atoms with Crippen molar-refractivity contribution in [2.75, 3.05) is 0 Å². The quantitative estimate of drug-likeness (QED) is 0.647. The van der Waals surface area contributed by atoms with Gasteiger partial charge in [-0.05, 0) is 12.0 Å². The molecule has 0 saturated carbocycles. The van der Waals surface area contributed by atoms with Crippen molar-refractivity contribution in [3.05, 3.63) is 11.8 Å². The number of allylic oxidation sites excluding steroid dienone is 2. The highest BCUT2D eigenvalue weighted by Crippen LogP contribution is 2.13. The number of hydrazone groups is 1. The van der Waals surface area contributed by atoms with Crippen LogP contribution in [0, 0.1) is 5.92 Å². The second kappa shape index (κ2) is 3.32. The van der Waals surface area contributed by atoms with Crippen LogP contribution in [0.3, 0.4) is 0 Å². The average Bonchev–Trinajstić information content (AvgIpc) is 1.85. The van der Waals surface area contributed by atoms with Gasteiger partial charge in [0.25, 0.3) is 0 Å². The van der Waals surface area contributed by atoms with Gasteiger partial charge in [-0.2, -0.15) is 0 Å². The number of halogens is 2. The third-order valence-corrected chi connectivity index (χ3v) is 1.65. The van der Waals surface area contributed by atoms with E-state index in [0.29, 0.717) is 11.1 Å². The molecule has 0 unspecified atom stereocenters. The number of nitrogens with one attached hydrogen (secondary N) is 1. The van der Waals surface area contributed by atoms with E-state index in [1.165, 1.54) is 0 Å². The molecule has 0 saturated heterocycles. The minimum Gasteiger partial charge on any atom is -0.271 e. The van der Waals surface area contributed by atoms with Crippen LogP contribution in [0.15, 0.2) is 16.9 Å². The van der Waals surface area contributed by atoms with Gasteiger partial charge in [0.1, 0.15) is 0 Å². The number of hydrogen-bond donors (Lipinski definition) is 1. The summed E-state index contributed by atoms with van der Waals surface area (Å²) in [6, 6.07) is 0. The van der Waals surface area contributed by atoms with Gasteiger partial charge in [-0.25, -0.2) is 0 Å². The maximum Gasteiger partial charge on any atom is 0.154 e. The van der Waals surface area contributed by atoms with Gasteiger partial charge in [0.2, 0.25) is 0 Å². The topological polar surface area (TPSA) is 27.6 Å². The van der Waals surface area contributed by atoms with Crippen LogP contribution in [0.1, 0.15) is 13.8 Å². The van der Waals surface area contributed by atoms with E-state index in [9.17, 15) is 0 Å². The normalized spacial score (nSPS) is 17.7. The molecule has 0 radical (unpaired) electrons. The molecule has 5 heteroatoms. The lowest BCUT2D eigenvalue weighted by molar-refractivity contribution is 0.371. The number of hydrogen-bond acceptors (Lipinski definition) is 3. The molecule has 0 amide bonds. The van der Waals surface area contributed by atoms with E-state index in [1.807, 2.05) is 13.8 Å². The highest BCUT2D eigenvalue weighted by molar-refractivity contribution is 6.68. The molecule has 0 aromatic carbocycles. The van der Waals surface area contributed by atoms with Gasteiger partial charge in [-0.15, -0.1) is 9.74 Å². The lowest BCUT2D eigenvalue weighted by Gasteiger charge is -2.21. The molecule has 0 aromatic heterocycles. The Hall–Kier alpha value is -0.410. The summed E-state index contributed by atoms with van der Waals surface area (Å²) in [6.45, 7) is 4.08. The van der Waals surface area contributed by atoms with E-state index in [-0.39, 0.29) is 0 Å². The van der Waals surface area contributed by atoms with Crippen molar-refractivity contribution in [1.29, 1.82) is 0 Å². The van der Waals surface area contributed by atoms with Crippen molar-refractivity contribution in [3.8, 4) is 0 Å². The van der Waals surface area contributed by atoms with Crippen LogP contribution in [0.25, 0.3) is 0 Å². The molecule has 1 heterocycles. The molecular weight excluding hydrogens is 185 g/mol. The molecule has 62 valence electrons. The smallest absolute Gasteiger partial charge is 0.154 e. The van der Waals surface area contributed by atoms with E-state index in [1.54, 1.807) is 6.08 Å². The second-order valence-electron chi connectivity index (χ2n) is 2.55. The Kier molecular flexibility index (Phi) is 2.62. The summed E-state index contributed by atoms with van der Waals surface area (Å²) in [5.74, 6) is 0.362. The summed E-state index contributed by atoms with van der Waals surface area (Å²) >= 11 is 11.2. The van der Waals surface area contributed by atoms with Crippen LogP contribution in [0.2, 0.25) is 0 Å². The van der Waals surface area contributed by atoms with Crippen molar-refractivity contribution < 1.29 is 0 Å². The van der Waals surface area contributed by atoms with E-state index in [2.05, 4.69) is 10.5 Å². The Balaban J connectivity index is 2.76. The second-order valence-corrected chi connectivity index (χ2v) is 3.26. The standard InChI is InChI=1S/C6H9Cl2N3/c1-4(2)5-3-6(7)10-11(8)9-5/h3-4,9H,1-2H3. The van der Waals surface area contributed by atoms with Crippen LogP contribution < -0.4 is 5.43 Å². The first-order valence-corrected chi connectivity index (χ1v) is 3.99. The fourth-order valence-corrected chi connectivity index (χ4v) is 1.11. The molecule has 0 aliphatic carbocycles. The zero-order chi connectivity index (χ0) is 8.43. The van der Waals surface area contributed by atoms with Crippen LogP contribution in [0.4, 0.5) is 0 Å². The molecule has 0 bridgehead atoms. The van der Waals surface area contributed by atoms with Crippen LogP contribution >= 0.6 is 23.4 Å². The first-order chi connectivity index (χ1) is 5.09. The van der Waals surface area contributed by atoms with Crippen LogP contribution in [0.5, 0.6) is 0 Å². The highest BCUT2D eigenvalue weighted by atomic mass is 35.5. The number of rotatable bonds is 1. The molecule has 11 heavy (non-hydrogen) atoms. The summed E-state index contributed by atoms with van der Waals surface area (Å²) < 4.78 is 1.08. The average molecular weight is 194 g/mol. The van der Waals surface area contributed by atoms with Gasteiger partial charge in [0.15, 0.2) is 5.17 Å². The first kappa shape index (κ1) is 8.68. The summed E-state index contributed by atoms with van der Waals surface area (Å²) in [4.78, 5) is 0. The number of hydrazine groups is 1. The maximum absolute atomic E-state index is 5.66. The van der Waals surface area contributed by atoms with Crippen molar-refractivity contribution >= 4 is 28.5 Å². The van der Waals surface area contributed by atoms with Crippen molar-refractivity contribution in [2.24, 2.45) is 11.0 Å². The number of nitrogens with zero attached hydrogens (tertiary/aromatic N) is 2. The maximum atomic E-state index is 5.66. The molecule has 0 atom stereocenters. The van der Waals surface area contributed by atoms with Crippen molar-refractivity contribution in [3.63, 3.8) is 0 Å². The largest absolute Gasteiger partial charge is 0.271 e. The fourth-order valence-electron chi connectivity index (χ4n) is 0.701. The summed E-state index contributed by atoms with van der Waals surface area (Å²) in [5, 5.41) is 4.10. The Morgan fingerprint density at radius 1 is 1.64 bits per heavy atom. The lowest BCUT2D eigenvalue weighted by Crippen LogP contribution is -2.31.